The van der Waals surface area contributed by atoms with Crippen molar-refractivity contribution < 1.29 is 4.74 Å². The highest BCUT2D eigenvalue weighted by Crippen LogP contribution is 2.38. The summed E-state index contributed by atoms with van der Waals surface area (Å²) >= 11 is 1.77. The van der Waals surface area contributed by atoms with Crippen LogP contribution in [0.4, 0.5) is 0 Å². The van der Waals surface area contributed by atoms with E-state index in [0.29, 0.717) is 0 Å². The number of piperidine rings is 1. The average molecular weight is 446 g/mol. The second kappa shape index (κ2) is 8.56. The van der Waals surface area contributed by atoms with Gasteiger partial charge in [-0.15, -0.1) is 11.3 Å². The molecule has 1 saturated heterocycles. The number of nitrogens with one attached hydrogen (secondary N) is 2. The first-order chi connectivity index (χ1) is 15.8. The number of likely N-dealkylation sites (tertiary alicyclic amines) is 1. The van der Waals surface area contributed by atoms with Crippen molar-refractivity contribution >= 4 is 38.7 Å². The first kappa shape index (κ1) is 19.8. The Bertz CT molecular complexity index is 1300. The van der Waals surface area contributed by atoms with Crippen molar-refractivity contribution in [3.63, 3.8) is 0 Å². The van der Waals surface area contributed by atoms with E-state index < -0.39 is 0 Å². The minimum Gasteiger partial charge on any atom is -0.493 e. The van der Waals surface area contributed by atoms with Crippen LogP contribution >= 0.6 is 11.3 Å². The summed E-state index contributed by atoms with van der Waals surface area (Å²) < 4.78 is 7.19. The average Bonchev–Trinajstić information content (AvgIpc) is 3.46. The standard InChI is InChI=1S/C25H27N5OS/c1-3-8-18-21(9-4-1)32-24-22(18)28-29-23(24)25-26-19-11-10-17(16-20(19)27-25)31-15-7-14-30-12-5-2-6-13-30/h1,3-4,9-11,16H,2,5-8,12-15H2,(H,26,27)(H,28,29). The van der Waals surface area contributed by atoms with E-state index in [0.717, 1.165) is 64.5 Å². The number of fused-ring (bicyclic) bond motifs is 4. The van der Waals surface area contributed by atoms with E-state index in [4.69, 9.17) is 9.72 Å². The summed E-state index contributed by atoms with van der Waals surface area (Å²) in [7, 11) is 0. The van der Waals surface area contributed by atoms with Gasteiger partial charge in [-0.3, -0.25) is 5.10 Å². The van der Waals surface area contributed by atoms with Gasteiger partial charge in [-0.2, -0.15) is 5.10 Å². The third kappa shape index (κ3) is 3.76. The van der Waals surface area contributed by atoms with E-state index in [2.05, 4.69) is 50.5 Å². The lowest BCUT2D eigenvalue weighted by Crippen LogP contribution is -2.31. The number of aromatic nitrogens is 4. The number of hydrogen-bond acceptors (Lipinski definition) is 5. The van der Waals surface area contributed by atoms with Crippen LogP contribution in [0.15, 0.2) is 36.4 Å². The number of hydrogen-bond donors (Lipinski definition) is 2. The van der Waals surface area contributed by atoms with Crippen LogP contribution in [0.2, 0.25) is 0 Å². The summed E-state index contributed by atoms with van der Waals surface area (Å²) in [4.78, 5) is 12.1. The topological polar surface area (TPSA) is 69.8 Å². The number of rotatable bonds is 6. The largest absolute Gasteiger partial charge is 0.493 e. The molecular formula is C25H27N5OS. The van der Waals surface area contributed by atoms with Gasteiger partial charge in [-0.25, -0.2) is 4.98 Å². The second-order valence-electron chi connectivity index (χ2n) is 8.58. The fourth-order valence-corrected chi connectivity index (χ4v) is 5.86. The summed E-state index contributed by atoms with van der Waals surface area (Å²) in [6, 6.07) is 6.10. The van der Waals surface area contributed by atoms with Crippen LogP contribution in [0.1, 0.15) is 36.1 Å². The van der Waals surface area contributed by atoms with Crippen LogP contribution in [-0.2, 0) is 6.42 Å². The van der Waals surface area contributed by atoms with Gasteiger partial charge in [-0.05, 0) is 57.0 Å². The molecule has 0 atom stereocenters. The van der Waals surface area contributed by atoms with Crippen molar-refractivity contribution in [2.24, 2.45) is 0 Å². The number of ether oxygens (including phenoxy) is 1. The Balaban J connectivity index is 1.19. The Morgan fingerprint density at radius 3 is 3.00 bits per heavy atom. The van der Waals surface area contributed by atoms with Crippen molar-refractivity contribution in [3.8, 4) is 17.3 Å². The molecule has 1 aromatic carbocycles. The van der Waals surface area contributed by atoms with Crippen LogP contribution in [0.3, 0.4) is 0 Å². The lowest BCUT2D eigenvalue weighted by molar-refractivity contribution is 0.205. The van der Waals surface area contributed by atoms with Gasteiger partial charge in [0.2, 0.25) is 0 Å². The predicted octanol–water partition coefficient (Wildman–Crippen LogP) is 5.55. The fraction of sp³-hybridized carbons (Fsp3) is 0.360. The smallest absolute Gasteiger partial charge is 0.158 e. The normalized spacial score (nSPS) is 16.6. The van der Waals surface area contributed by atoms with Crippen LogP contribution in [0.5, 0.6) is 5.75 Å². The molecule has 6 nitrogen and oxygen atoms in total. The molecule has 0 amide bonds. The quantitative estimate of drug-likeness (QED) is 0.382. The molecule has 1 fully saturated rings. The van der Waals surface area contributed by atoms with Gasteiger partial charge in [0.15, 0.2) is 5.82 Å². The van der Waals surface area contributed by atoms with E-state index >= 15 is 0 Å². The summed E-state index contributed by atoms with van der Waals surface area (Å²) in [6.45, 7) is 4.35. The lowest BCUT2D eigenvalue weighted by atomic mass is 10.1. The number of nitrogens with zero attached hydrogens (tertiary/aromatic N) is 3. The van der Waals surface area contributed by atoms with Gasteiger partial charge in [0, 0.05) is 23.1 Å². The van der Waals surface area contributed by atoms with Crippen molar-refractivity contribution in [1.29, 1.82) is 0 Å². The van der Waals surface area contributed by atoms with Gasteiger partial charge >= 0.3 is 0 Å². The molecule has 3 aromatic heterocycles. The molecule has 4 heterocycles. The Kier molecular flexibility index (Phi) is 5.29. The van der Waals surface area contributed by atoms with Crippen LogP contribution in [0, 0.1) is 0 Å². The van der Waals surface area contributed by atoms with E-state index in [1.807, 2.05) is 12.1 Å². The maximum absolute atomic E-state index is 6.04. The molecule has 6 rings (SSSR count). The molecule has 32 heavy (non-hydrogen) atoms. The molecule has 1 aliphatic heterocycles. The highest BCUT2D eigenvalue weighted by Gasteiger charge is 2.19. The van der Waals surface area contributed by atoms with E-state index in [-0.39, 0.29) is 0 Å². The SMILES string of the molecule is C1=CCc2c(sc3c(-c4nc5ccc(OCCCN6CCCCC6)cc5[nH]4)[nH]nc23)C=C1. The molecule has 2 N–H and O–H groups in total. The lowest BCUT2D eigenvalue weighted by Gasteiger charge is -2.26. The van der Waals surface area contributed by atoms with Crippen molar-refractivity contribution in [2.45, 2.75) is 32.1 Å². The number of thiophene rings is 1. The maximum atomic E-state index is 6.04. The zero-order chi connectivity index (χ0) is 21.3. The van der Waals surface area contributed by atoms with Crippen LogP contribution < -0.4 is 4.74 Å². The number of H-pyrrole nitrogens is 2. The van der Waals surface area contributed by atoms with Crippen molar-refractivity contribution in [1.82, 2.24) is 25.1 Å². The number of imidazole rings is 1. The monoisotopic (exact) mass is 445 g/mol. The third-order valence-corrected chi connectivity index (χ3v) is 7.56. The van der Waals surface area contributed by atoms with Crippen LogP contribution in [-0.4, -0.2) is 51.3 Å². The molecule has 0 saturated carbocycles. The third-order valence-electron chi connectivity index (χ3n) is 6.36. The fourth-order valence-electron chi connectivity index (χ4n) is 4.68. The van der Waals surface area contributed by atoms with Gasteiger partial charge in [0.1, 0.15) is 17.0 Å². The predicted molar refractivity (Wildman–Crippen MR) is 131 cm³/mol. The molecule has 4 aromatic rings. The summed E-state index contributed by atoms with van der Waals surface area (Å²) in [6.07, 6.45) is 14.6. The molecule has 164 valence electrons. The first-order valence-electron chi connectivity index (χ1n) is 11.5. The minimum absolute atomic E-state index is 0.743. The highest BCUT2D eigenvalue weighted by atomic mass is 32.1. The zero-order valence-corrected chi connectivity index (χ0v) is 18.9. The van der Waals surface area contributed by atoms with E-state index in [9.17, 15) is 0 Å². The summed E-state index contributed by atoms with van der Waals surface area (Å²) in [5, 5.41) is 7.83. The van der Waals surface area contributed by atoms with Gasteiger partial charge in [0.05, 0.1) is 22.3 Å². The minimum atomic E-state index is 0.743. The Labute approximate surface area is 191 Å². The molecule has 0 radical (unpaired) electrons. The number of aromatic amines is 2. The second-order valence-corrected chi connectivity index (χ2v) is 9.63. The van der Waals surface area contributed by atoms with Gasteiger partial charge < -0.3 is 14.6 Å². The Morgan fingerprint density at radius 1 is 1.12 bits per heavy atom. The van der Waals surface area contributed by atoms with Crippen LogP contribution in [0.25, 0.3) is 38.8 Å². The van der Waals surface area contributed by atoms with Crippen molar-refractivity contribution in [3.05, 3.63) is 46.9 Å². The number of benzene rings is 1. The molecule has 0 unspecified atom stereocenters. The Morgan fingerprint density at radius 2 is 2.06 bits per heavy atom. The Hall–Kier alpha value is -2.90. The zero-order valence-electron chi connectivity index (χ0n) is 18.1. The molecule has 0 spiro atoms. The summed E-state index contributed by atoms with van der Waals surface area (Å²) in [5.41, 5.74) is 5.21. The summed E-state index contributed by atoms with van der Waals surface area (Å²) in [5.74, 6) is 1.71. The van der Waals surface area contributed by atoms with E-state index in [1.165, 1.54) is 42.8 Å². The highest BCUT2D eigenvalue weighted by molar-refractivity contribution is 7.20. The molecule has 1 aliphatic carbocycles. The first-order valence-corrected chi connectivity index (χ1v) is 12.3. The van der Waals surface area contributed by atoms with E-state index in [1.54, 1.807) is 11.3 Å². The molecule has 2 aliphatic rings. The number of allylic oxidation sites excluding steroid dienone is 3. The molecule has 7 heteroatoms. The van der Waals surface area contributed by atoms with Gasteiger partial charge in [0.25, 0.3) is 0 Å². The maximum Gasteiger partial charge on any atom is 0.158 e. The molecule has 0 bridgehead atoms. The van der Waals surface area contributed by atoms with Gasteiger partial charge in [-0.1, -0.05) is 24.6 Å². The van der Waals surface area contributed by atoms with Crippen molar-refractivity contribution in [2.75, 3.05) is 26.2 Å². The molecular weight excluding hydrogens is 418 g/mol.